The van der Waals surface area contributed by atoms with E-state index in [1.165, 1.54) is 36.4 Å². The molecule has 1 amide bonds. The summed E-state index contributed by atoms with van der Waals surface area (Å²) in [4.78, 5) is 14.5. The summed E-state index contributed by atoms with van der Waals surface area (Å²) in [5, 5.41) is 3.21. The molecule has 28 heavy (non-hydrogen) atoms. The van der Waals surface area contributed by atoms with Gasteiger partial charge in [0.15, 0.2) is 0 Å². The van der Waals surface area contributed by atoms with E-state index >= 15 is 0 Å². The number of nitrogens with zero attached hydrogens (tertiary/aromatic N) is 1. The first kappa shape index (κ1) is 20.1. The smallest absolute Gasteiger partial charge is 0.406 e. The number of aryl methyl sites for hydroxylation is 1. The molecule has 4 nitrogen and oxygen atoms in total. The summed E-state index contributed by atoms with van der Waals surface area (Å²) in [6.07, 6.45) is -4.12. The number of amides is 1. The number of carbonyl (C=O) groups is 1. The molecule has 0 saturated carbocycles. The molecule has 1 aliphatic rings. The summed E-state index contributed by atoms with van der Waals surface area (Å²) in [5.41, 5.74) is 1.47. The fraction of sp³-hybridized carbons (Fsp3) is 0.350. The number of carbonyl (C=O) groups excluding carboxylic acids is 1. The number of alkyl halides is 3. The Bertz CT molecular complexity index is 809. The van der Waals surface area contributed by atoms with Crippen LogP contribution in [0.3, 0.4) is 0 Å². The molecule has 8 heteroatoms. The van der Waals surface area contributed by atoms with Gasteiger partial charge in [-0.25, -0.2) is 4.39 Å². The lowest BCUT2D eigenvalue weighted by molar-refractivity contribution is -0.274. The molecule has 1 N–H and O–H groups in total. The van der Waals surface area contributed by atoms with Crippen LogP contribution in [0.2, 0.25) is 0 Å². The molecule has 0 radical (unpaired) electrons. The number of rotatable bonds is 5. The molecular formula is C20H20F4N2O2. The highest BCUT2D eigenvalue weighted by molar-refractivity contribution is 5.77. The largest absolute Gasteiger partial charge is 0.573 e. The summed E-state index contributed by atoms with van der Waals surface area (Å²) in [6, 6.07) is 11.4. The standard InChI is InChI=1S/C20H20F4N2O2/c21-16-3-1-2-15(12-16)18-13-25-10-11-26(18)19(27)9-6-14-4-7-17(8-5-14)28-20(22,23)24/h1-5,7-8,12,18,25H,6,9-11,13H2. The Morgan fingerprint density at radius 3 is 2.61 bits per heavy atom. The van der Waals surface area contributed by atoms with Crippen molar-refractivity contribution in [2.45, 2.75) is 25.2 Å². The number of nitrogens with one attached hydrogen (secondary N) is 1. The zero-order chi connectivity index (χ0) is 20.1. The maximum Gasteiger partial charge on any atom is 0.573 e. The molecule has 1 heterocycles. The molecule has 150 valence electrons. The Labute approximate surface area is 160 Å². The van der Waals surface area contributed by atoms with Gasteiger partial charge in [0.05, 0.1) is 6.04 Å². The number of benzene rings is 2. The number of ether oxygens (including phenoxy) is 1. The van der Waals surface area contributed by atoms with Crippen LogP contribution in [-0.2, 0) is 11.2 Å². The molecule has 3 rings (SSSR count). The first-order chi connectivity index (χ1) is 13.3. The van der Waals surface area contributed by atoms with Crippen LogP contribution in [0.1, 0.15) is 23.6 Å². The van der Waals surface area contributed by atoms with Crippen LogP contribution >= 0.6 is 0 Å². The van der Waals surface area contributed by atoms with Gasteiger partial charge in [-0.15, -0.1) is 13.2 Å². The molecule has 1 unspecified atom stereocenters. The zero-order valence-corrected chi connectivity index (χ0v) is 15.0. The first-order valence-corrected chi connectivity index (χ1v) is 8.92. The Kier molecular flexibility index (Phi) is 6.18. The minimum absolute atomic E-state index is 0.0774. The molecule has 1 atom stereocenters. The summed E-state index contributed by atoms with van der Waals surface area (Å²) in [7, 11) is 0. The third kappa shape index (κ3) is 5.45. The van der Waals surface area contributed by atoms with E-state index in [2.05, 4.69) is 10.1 Å². The number of hydrogen-bond donors (Lipinski definition) is 1. The minimum atomic E-state index is -4.73. The molecular weight excluding hydrogens is 376 g/mol. The van der Waals surface area contributed by atoms with Crippen molar-refractivity contribution in [1.29, 1.82) is 0 Å². The van der Waals surface area contributed by atoms with Crippen LogP contribution in [0, 0.1) is 5.82 Å². The van der Waals surface area contributed by atoms with E-state index in [4.69, 9.17) is 0 Å². The van der Waals surface area contributed by atoms with Gasteiger partial charge in [0, 0.05) is 26.1 Å². The maximum atomic E-state index is 13.6. The van der Waals surface area contributed by atoms with Gasteiger partial charge in [-0.2, -0.15) is 0 Å². The van der Waals surface area contributed by atoms with Crippen molar-refractivity contribution in [3.8, 4) is 5.75 Å². The van der Waals surface area contributed by atoms with Crippen molar-refractivity contribution >= 4 is 5.91 Å². The molecule has 0 bridgehead atoms. The van der Waals surface area contributed by atoms with Gasteiger partial charge in [-0.1, -0.05) is 24.3 Å². The van der Waals surface area contributed by atoms with Gasteiger partial charge in [0.25, 0.3) is 0 Å². The number of halogens is 4. The van der Waals surface area contributed by atoms with Crippen molar-refractivity contribution in [3.63, 3.8) is 0 Å². The van der Waals surface area contributed by atoms with Crippen molar-refractivity contribution in [2.24, 2.45) is 0 Å². The first-order valence-electron chi connectivity index (χ1n) is 8.92. The Balaban J connectivity index is 1.61. The summed E-state index contributed by atoms with van der Waals surface area (Å²) in [5.74, 6) is -0.723. The Morgan fingerprint density at radius 1 is 1.18 bits per heavy atom. The fourth-order valence-electron chi connectivity index (χ4n) is 3.27. The van der Waals surface area contributed by atoms with Gasteiger partial charge in [-0.3, -0.25) is 4.79 Å². The Morgan fingerprint density at radius 2 is 1.93 bits per heavy atom. The predicted octanol–water partition coefficient (Wildman–Crippen LogP) is 3.83. The third-order valence-corrected chi connectivity index (χ3v) is 4.58. The van der Waals surface area contributed by atoms with E-state index in [0.29, 0.717) is 26.1 Å². The van der Waals surface area contributed by atoms with E-state index in [9.17, 15) is 22.4 Å². The molecule has 2 aromatic carbocycles. The van der Waals surface area contributed by atoms with E-state index in [1.54, 1.807) is 17.0 Å². The molecule has 2 aromatic rings. The molecule has 1 aliphatic heterocycles. The topological polar surface area (TPSA) is 41.6 Å². The van der Waals surface area contributed by atoms with Crippen molar-refractivity contribution in [1.82, 2.24) is 10.2 Å². The van der Waals surface area contributed by atoms with Gasteiger partial charge in [0.2, 0.25) is 5.91 Å². The highest BCUT2D eigenvalue weighted by atomic mass is 19.4. The van der Waals surface area contributed by atoms with Gasteiger partial charge >= 0.3 is 6.36 Å². The van der Waals surface area contributed by atoms with Crippen LogP contribution in [0.5, 0.6) is 5.75 Å². The van der Waals surface area contributed by atoms with Crippen LogP contribution in [0.25, 0.3) is 0 Å². The quantitative estimate of drug-likeness (QED) is 0.781. The van der Waals surface area contributed by atoms with Crippen LogP contribution in [0.15, 0.2) is 48.5 Å². The van der Waals surface area contributed by atoms with Gasteiger partial charge in [0.1, 0.15) is 11.6 Å². The Hall–Kier alpha value is -2.61. The average molecular weight is 396 g/mol. The van der Waals surface area contributed by atoms with Crippen molar-refractivity contribution in [3.05, 3.63) is 65.5 Å². The van der Waals surface area contributed by atoms with Gasteiger partial charge < -0.3 is 15.0 Å². The molecule has 1 fully saturated rings. The lowest BCUT2D eigenvalue weighted by Crippen LogP contribution is -2.48. The zero-order valence-electron chi connectivity index (χ0n) is 15.0. The second-order valence-electron chi connectivity index (χ2n) is 6.55. The van der Waals surface area contributed by atoms with Crippen LogP contribution in [-0.4, -0.2) is 36.8 Å². The molecule has 1 saturated heterocycles. The highest BCUT2D eigenvalue weighted by Crippen LogP contribution is 2.25. The molecule has 0 aliphatic carbocycles. The lowest BCUT2D eigenvalue weighted by Gasteiger charge is -2.36. The summed E-state index contributed by atoms with van der Waals surface area (Å²) < 4.78 is 54.0. The summed E-state index contributed by atoms with van der Waals surface area (Å²) >= 11 is 0. The van der Waals surface area contributed by atoms with E-state index < -0.39 is 6.36 Å². The van der Waals surface area contributed by atoms with Crippen LogP contribution < -0.4 is 10.1 Å². The SMILES string of the molecule is O=C(CCc1ccc(OC(F)(F)F)cc1)N1CCNCC1c1cccc(F)c1. The fourth-order valence-corrected chi connectivity index (χ4v) is 3.27. The lowest BCUT2D eigenvalue weighted by atomic mass is 10.0. The van der Waals surface area contributed by atoms with Gasteiger partial charge in [-0.05, 0) is 41.8 Å². The second-order valence-corrected chi connectivity index (χ2v) is 6.55. The number of piperazine rings is 1. The molecule has 0 spiro atoms. The van der Waals surface area contributed by atoms with E-state index in [0.717, 1.165) is 11.1 Å². The van der Waals surface area contributed by atoms with E-state index in [-0.39, 0.29) is 29.9 Å². The average Bonchev–Trinajstić information content (AvgIpc) is 2.66. The molecule has 0 aromatic heterocycles. The second kappa shape index (κ2) is 8.60. The maximum absolute atomic E-state index is 13.6. The third-order valence-electron chi connectivity index (χ3n) is 4.58. The van der Waals surface area contributed by atoms with E-state index in [1.807, 2.05) is 0 Å². The van der Waals surface area contributed by atoms with Crippen molar-refractivity contribution in [2.75, 3.05) is 19.6 Å². The normalized spacial score (nSPS) is 17.4. The monoisotopic (exact) mass is 396 g/mol. The van der Waals surface area contributed by atoms with Crippen molar-refractivity contribution < 1.29 is 27.1 Å². The van der Waals surface area contributed by atoms with Crippen LogP contribution in [0.4, 0.5) is 17.6 Å². The highest BCUT2D eigenvalue weighted by Gasteiger charge is 2.31. The minimum Gasteiger partial charge on any atom is -0.406 e. The predicted molar refractivity (Wildman–Crippen MR) is 95.2 cm³/mol. The summed E-state index contributed by atoms with van der Waals surface area (Å²) in [6.45, 7) is 1.71. The number of hydrogen-bond acceptors (Lipinski definition) is 3.